The third-order valence-electron chi connectivity index (χ3n) is 2.71. The lowest BCUT2D eigenvalue weighted by molar-refractivity contribution is 0.0696. The first-order chi connectivity index (χ1) is 8.35. The average molecular weight is 271 g/mol. The highest BCUT2D eigenvalue weighted by atomic mass is 32.2. The second-order valence-electron chi connectivity index (χ2n) is 4.68. The number of thioether (sulfide) groups is 1. The van der Waals surface area contributed by atoms with Crippen LogP contribution in [0.1, 0.15) is 29.8 Å². The Hall–Kier alpha value is -1.07. The van der Waals surface area contributed by atoms with E-state index in [9.17, 15) is 9.18 Å². The lowest BCUT2D eigenvalue weighted by Crippen LogP contribution is -2.31. The maximum absolute atomic E-state index is 13.5. The molecule has 0 amide bonds. The molecule has 2 N–H and O–H groups in total. The van der Waals surface area contributed by atoms with Gasteiger partial charge in [-0.3, -0.25) is 0 Å². The molecule has 0 aliphatic rings. The Kier molecular flexibility index (Phi) is 5.16. The number of carbonyl (C=O) groups is 1. The molecule has 0 fully saturated rings. The molecule has 0 aliphatic heterocycles. The summed E-state index contributed by atoms with van der Waals surface area (Å²) < 4.78 is 13.6. The van der Waals surface area contributed by atoms with Crippen LogP contribution >= 0.6 is 11.8 Å². The minimum absolute atomic E-state index is 0.0703. The topological polar surface area (TPSA) is 49.3 Å². The molecule has 5 heteroatoms. The predicted octanol–water partition coefficient (Wildman–Crippen LogP) is 2.76. The van der Waals surface area contributed by atoms with Gasteiger partial charge in [0.2, 0.25) is 0 Å². The Morgan fingerprint density at radius 1 is 1.50 bits per heavy atom. The van der Waals surface area contributed by atoms with Crippen molar-refractivity contribution in [2.75, 3.05) is 12.8 Å². The zero-order valence-corrected chi connectivity index (χ0v) is 11.6. The molecule has 1 rings (SSSR count). The van der Waals surface area contributed by atoms with Gasteiger partial charge in [0.05, 0.1) is 5.56 Å². The van der Waals surface area contributed by atoms with E-state index in [-0.39, 0.29) is 16.1 Å². The number of aromatic carboxylic acids is 1. The molecule has 0 bridgehead atoms. The van der Waals surface area contributed by atoms with Crippen LogP contribution in [0.3, 0.4) is 0 Å². The van der Waals surface area contributed by atoms with Crippen molar-refractivity contribution in [1.29, 1.82) is 0 Å². The predicted molar refractivity (Wildman–Crippen MR) is 72.7 cm³/mol. The molecule has 0 aromatic heterocycles. The summed E-state index contributed by atoms with van der Waals surface area (Å²) in [5, 5.41) is 12.0. The Balaban J connectivity index is 2.67. The van der Waals surface area contributed by atoms with Gasteiger partial charge in [0, 0.05) is 23.4 Å². The fraction of sp³-hybridized carbons (Fsp3) is 0.462. The van der Waals surface area contributed by atoms with Crippen molar-refractivity contribution in [3.05, 3.63) is 35.1 Å². The molecule has 1 aromatic rings. The van der Waals surface area contributed by atoms with E-state index in [1.807, 2.05) is 6.26 Å². The molecule has 3 nitrogen and oxygen atoms in total. The molecule has 0 heterocycles. The van der Waals surface area contributed by atoms with E-state index >= 15 is 0 Å². The summed E-state index contributed by atoms with van der Waals surface area (Å²) in [7, 11) is 0. The molecule has 0 spiro atoms. The third-order valence-corrected chi connectivity index (χ3v) is 3.96. The Morgan fingerprint density at radius 3 is 2.72 bits per heavy atom. The lowest BCUT2D eigenvalue weighted by Gasteiger charge is -2.22. The van der Waals surface area contributed by atoms with Crippen LogP contribution in [-0.2, 0) is 6.54 Å². The quantitative estimate of drug-likeness (QED) is 0.835. The van der Waals surface area contributed by atoms with Gasteiger partial charge in [-0.05, 0) is 38.3 Å². The standard InChI is InChI=1S/C13H18FNO2S/c1-13(2,18-3)8-15-7-10-6-9(12(16)17)4-5-11(10)14/h4-6,15H,7-8H2,1-3H3,(H,16,17). The van der Waals surface area contributed by atoms with Crippen molar-refractivity contribution >= 4 is 17.7 Å². The number of carboxylic acids is 1. The molecule has 0 radical (unpaired) electrons. The SMILES string of the molecule is CSC(C)(C)CNCc1cc(C(=O)O)ccc1F. The molecular formula is C13H18FNO2S. The van der Waals surface area contributed by atoms with Gasteiger partial charge in [0.15, 0.2) is 0 Å². The first-order valence-corrected chi connectivity index (χ1v) is 6.86. The molecule has 0 atom stereocenters. The third kappa shape index (κ3) is 4.31. The highest BCUT2D eigenvalue weighted by molar-refractivity contribution is 7.99. The largest absolute Gasteiger partial charge is 0.478 e. The Labute approximate surface area is 111 Å². The summed E-state index contributed by atoms with van der Waals surface area (Å²) in [6.07, 6.45) is 2.02. The first kappa shape index (κ1) is 15.0. The van der Waals surface area contributed by atoms with Crippen LogP contribution in [0.5, 0.6) is 0 Å². The van der Waals surface area contributed by atoms with Crippen molar-refractivity contribution in [3.8, 4) is 0 Å². The number of hydrogen-bond acceptors (Lipinski definition) is 3. The van der Waals surface area contributed by atoms with Crippen molar-refractivity contribution in [2.24, 2.45) is 0 Å². The fourth-order valence-corrected chi connectivity index (χ4v) is 1.66. The van der Waals surface area contributed by atoms with E-state index < -0.39 is 5.97 Å². The van der Waals surface area contributed by atoms with Gasteiger partial charge in [-0.1, -0.05) is 0 Å². The van der Waals surface area contributed by atoms with Crippen LogP contribution in [0.15, 0.2) is 18.2 Å². The normalized spacial score (nSPS) is 11.6. The van der Waals surface area contributed by atoms with Crippen LogP contribution in [0.2, 0.25) is 0 Å². The zero-order valence-electron chi connectivity index (χ0n) is 10.8. The number of nitrogens with one attached hydrogen (secondary N) is 1. The highest BCUT2D eigenvalue weighted by Crippen LogP contribution is 2.20. The van der Waals surface area contributed by atoms with E-state index in [1.165, 1.54) is 18.2 Å². The zero-order chi connectivity index (χ0) is 13.8. The van der Waals surface area contributed by atoms with Gasteiger partial charge in [0.1, 0.15) is 5.82 Å². The van der Waals surface area contributed by atoms with E-state index in [0.29, 0.717) is 12.1 Å². The summed E-state index contributed by atoms with van der Waals surface area (Å²) in [6.45, 7) is 5.24. The Morgan fingerprint density at radius 2 is 2.17 bits per heavy atom. The van der Waals surface area contributed by atoms with Gasteiger partial charge < -0.3 is 10.4 Å². The minimum atomic E-state index is -1.04. The van der Waals surface area contributed by atoms with E-state index in [2.05, 4.69) is 19.2 Å². The number of halogens is 1. The van der Waals surface area contributed by atoms with Gasteiger partial charge in [-0.15, -0.1) is 0 Å². The van der Waals surface area contributed by atoms with Crippen molar-refractivity contribution in [2.45, 2.75) is 25.1 Å². The van der Waals surface area contributed by atoms with Gasteiger partial charge >= 0.3 is 5.97 Å². The van der Waals surface area contributed by atoms with Gasteiger partial charge in [0.25, 0.3) is 0 Å². The van der Waals surface area contributed by atoms with Crippen molar-refractivity contribution < 1.29 is 14.3 Å². The number of benzene rings is 1. The van der Waals surface area contributed by atoms with E-state index in [1.54, 1.807) is 11.8 Å². The fourth-order valence-electron chi connectivity index (χ4n) is 1.41. The number of hydrogen-bond donors (Lipinski definition) is 2. The molecule has 0 saturated carbocycles. The van der Waals surface area contributed by atoms with Crippen LogP contribution in [-0.4, -0.2) is 28.6 Å². The molecule has 18 heavy (non-hydrogen) atoms. The molecule has 0 unspecified atom stereocenters. The summed E-state index contributed by atoms with van der Waals surface area (Å²) >= 11 is 1.72. The number of rotatable bonds is 6. The van der Waals surface area contributed by atoms with Gasteiger partial charge in [-0.25, -0.2) is 9.18 Å². The maximum Gasteiger partial charge on any atom is 0.335 e. The van der Waals surface area contributed by atoms with Gasteiger partial charge in [-0.2, -0.15) is 11.8 Å². The second-order valence-corrected chi connectivity index (χ2v) is 6.19. The van der Waals surface area contributed by atoms with E-state index in [4.69, 9.17) is 5.11 Å². The maximum atomic E-state index is 13.5. The minimum Gasteiger partial charge on any atom is -0.478 e. The summed E-state index contributed by atoms with van der Waals surface area (Å²) in [4.78, 5) is 10.8. The number of carboxylic acid groups (broad SMARTS) is 1. The molecular weight excluding hydrogens is 253 g/mol. The molecule has 0 saturated heterocycles. The van der Waals surface area contributed by atoms with E-state index in [0.717, 1.165) is 6.54 Å². The molecule has 1 aromatic carbocycles. The van der Waals surface area contributed by atoms with Crippen LogP contribution in [0, 0.1) is 5.82 Å². The van der Waals surface area contributed by atoms with Crippen molar-refractivity contribution in [3.63, 3.8) is 0 Å². The average Bonchev–Trinajstić information content (AvgIpc) is 2.31. The first-order valence-electron chi connectivity index (χ1n) is 5.63. The van der Waals surface area contributed by atoms with Crippen molar-refractivity contribution in [1.82, 2.24) is 5.32 Å². The lowest BCUT2D eigenvalue weighted by atomic mass is 10.1. The summed E-state index contributed by atoms with van der Waals surface area (Å²) in [5.41, 5.74) is 0.490. The second kappa shape index (κ2) is 6.20. The smallest absolute Gasteiger partial charge is 0.335 e. The van der Waals surface area contributed by atoms with Crippen LogP contribution in [0.25, 0.3) is 0 Å². The molecule has 100 valence electrons. The highest BCUT2D eigenvalue weighted by Gasteiger charge is 2.15. The summed E-state index contributed by atoms with van der Waals surface area (Å²) in [6, 6.07) is 3.84. The summed E-state index contributed by atoms with van der Waals surface area (Å²) in [5.74, 6) is -1.42. The van der Waals surface area contributed by atoms with Crippen LogP contribution in [0.4, 0.5) is 4.39 Å². The van der Waals surface area contributed by atoms with Crippen LogP contribution < -0.4 is 5.32 Å². The molecule has 0 aliphatic carbocycles. The Bertz CT molecular complexity index is 435. The monoisotopic (exact) mass is 271 g/mol.